The van der Waals surface area contributed by atoms with Crippen molar-refractivity contribution in [2.45, 2.75) is 70.2 Å². The molecule has 2 aromatic heterocycles. The predicted molar refractivity (Wildman–Crippen MR) is 136 cm³/mol. The van der Waals surface area contributed by atoms with Gasteiger partial charge < -0.3 is 15.4 Å². The number of hydrogen-bond donors (Lipinski definition) is 2. The second-order valence-corrected chi connectivity index (χ2v) is 11.3. The lowest BCUT2D eigenvalue weighted by atomic mass is 10.1. The van der Waals surface area contributed by atoms with Crippen molar-refractivity contribution in [2.75, 3.05) is 17.6 Å². The first-order valence-electron chi connectivity index (χ1n) is 11.3. The number of nitrogens with one attached hydrogen (secondary N) is 2. The summed E-state index contributed by atoms with van der Waals surface area (Å²) in [5.41, 5.74) is 2.49. The molecule has 0 atom stereocenters. The molecule has 0 saturated heterocycles. The molecule has 1 aromatic carbocycles. The third-order valence-corrected chi connectivity index (χ3v) is 6.81. The molecule has 2 amide bonds. The Hall–Kier alpha value is -2.66. The van der Waals surface area contributed by atoms with Gasteiger partial charge in [-0.2, -0.15) is 4.52 Å². The molecule has 0 unspecified atom stereocenters. The molecular formula is C23H32N6O3S2. The number of ether oxygens (including phenoxy) is 1. The van der Waals surface area contributed by atoms with Gasteiger partial charge in [-0.15, -0.1) is 15.3 Å². The van der Waals surface area contributed by atoms with E-state index in [4.69, 9.17) is 4.74 Å². The maximum Gasteiger partial charge on any atom is 0.407 e. The highest BCUT2D eigenvalue weighted by Crippen LogP contribution is 2.25. The van der Waals surface area contributed by atoms with Gasteiger partial charge >= 0.3 is 6.09 Å². The normalized spacial score (nSPS) is 11.6. The van der Waals surface area contributed by atoms with Crippen molar-refractivity contribution in [3.05, 3.63) is 35.2 Å². The molecule has 2 N–H and O–H groups in total. The first-order valence-corrected chi connectivity index (χ1v) is 13.1. The summed E-state index contributed by atoms with van der Waals surface area (Å²) >= 11 is 2.82. The number of nitrogens with zero attached hydrogens (tertiary/aromatic N) is 4. The van der Waals surface area contributed by atoms with Crippen LogP contribution in [0.4, 0.5) is 10.5 Å². The minimum absolute atomic E-state index is 0.0649. The monoisotopic (exact) mass is 504 g/mol. The largest absolute Gasteiger partial charge is 0.444 e. The van der Waals surface area contributed by atoms with E-state index < -0.39 is 5.60 Å². The summed E-state index contributed by atoms with van der Waals surface area (Å²) < 4.78 is 7.76. The molecule has 2 heterocycles. The number of aromatic nitrogens is 4. The molecule has 0 saturated carbocycles. The van der Waals surface area contributed by atoms with E-state index >= 15 is 0 Å². The molecule has 11 heteroatoms. The van der Waals surface area contributed by atoms with E-state index in [9.17, 15) is 9.59 Å². The van der Waals surface area contributed by atoms with E-state index in [1.165, 1.54) is 23.1 Å². The Morgan fingerprint density at radius 3 is 2.71 bits per heavy atom. The van der Waals surface area contributed by atoms with Crippen LogP contribution in [0.25, 0.3) is 4.96 Å². The number of fused-ring (bicyclic) bond motifs is 1. The first-order chi connectivity index (χ1) is 16.1. The van der Waals surface area contributed by atoms with Crippen LogP contribution in [0.5, 0.6) is 0 Å². The zero-order valence-corrected chi connectivity index (χ0v) is 21.9. The SMILES string of the molecule is Cc1ccc(C)c(NC(=O)CSc2nn3c(CCCCCNC(=O)OC(C)(C)C)nnc3s2)c1. The number of carbonyl (C=O) groups excluding carboxylic acids is 2. The molecule has 0 aliphatic heterocycles. The van der Waals surface area contributed by atoms with Crippen molar-refractivity contribution in [3.63, 3.8) is 0 Å². The van der Waals surface area contributed by atoms with Crippen molar-refractivity contribution in [1.29, 1.82) is 0 Å². The zero-order chi connectivity index (χ0) is 24.7. The number of unbranched alkanes of at least 4 members (excludes halogenated alkanes) is 2. The first kappa shape index (κ1) is 26.0. The van der Waals surface area contributed by atoms with Crippen LogP contribution < -0.4 is 10.6 Å². The molecule has 3 aromatic rings. The maximum atomic E-state index is 12.4. The van der Waals surface area contributed by atoms with Crippen LogP contribution in [0.3, 0.4) is 0 Å². The predicted octanol–water partition coefficient (Wildman–Crippen LogP) is 4.77. The van der Waals surface area contributed by atoms with Gasteiger partial charge in [0.15, 0.2) is 10.2 Å². The lowest BCUT2D eigenvalue weighted by Crippen LogP contribution is -2.32. The van der Waals surface area contributed by atoms with Gasteiger partial charge in [0.2, 0.25) is 10.9 Å². The lowest BCUT2D eigenvalue weighted by Gasteiger charge is -2.19. The molecule has 0 aliphatic carbocycles. The fourth-order valence-electron chi connectivity index (χ4n) is 3.13. The number of alkyl carbamates (subject to hydrolysis) is 1. The smallest absolute Gasteiger partial charge is 0.407 e. The summed E-state index contributed by atoms with van der Waals surface area (Å²) in [7, 11) is 0. The van der Waals surface area contributed by atoms with E-state index in [2.05, 4.69) is 25.9 Å². The van der Waals surface area contributed by atoms with Gasteiger partial charge in [-0.05, 0) is 64.7 Å². The van der Waals surface area contributed by atoms with Crippen molar-refractivity contribution in [1.82, 2.24) is 25.1 Å². The minimum atomic E-state index is -0.488. The van der Waals surface area contributed by atoms with Crippen molar-refractivity contribution in [3.8, 4) is 0 Å². The highest BCUT2D eigenvalue weighted by Gasteiger charge is 2.16. The molecule has 0 spiro atoms. The summed E-state index contributed by atoms with van der Waals surface area (Å²) in [5, 5.41) is 18.8. The molecule has 184 valence electrons. The van der Waals surface area contributed by atoms with Crippen LogP contribution in [0.15, 0.2) is 22.5 Å². The Kier molecular flexibility index (Phi) is 8.90. The Morgan fingerprint density at radius 1 is 1.15 bits per heavy atom. The fourth-order valence-corrected chi connectivity index (χ4v) is 4.82. The quantitative estimate of drug-likeness (QED) is 0.302. The van der Waals surface area contributed by atoms with Gasteiger partial charge in [-0.3, -0.25) is 4.79 Å². The number of amides is 2. The molecule has 0 fully saturated rings. The van der Waals surface area contributed by atoms with E-state index in [1.54, 1.807) is 4.52 Å². The Bertz CT molecular complexity index is 1140. The van der Waals surface area contributed by atoms with Crippen molar-refractivity contribution < 1.29 is 14.3 Å². The standard InChI is InChI=1S/C23H32N6O3S2/c1-15-10-11-16(2)17(13-15)25-19(30)14-33-22-28-29-18(26-27-20(29)34-22)9-7-6-8-12-24-21(31)32-23(3,4)5/h10-11,13H,6-9,12,14H2,1-5H3,(H,24,31)(H,25,30). The van der Waals surface area contributed by atoms with Crippen LogP contribution in [0.2, 0.25) is 0 Å². The van der Waals surface area contributed by atoms with Gasteiger partial charge in [0, 0.05) is 18.7 Å². The third-order valence-electron chi connectivity index (χ3n) is 4.78. The number of benzene rings is 1. The average Bonchev–Trinajstić information content (AvgIpc) is 3.31. The Balaban J connectivity index is 1.41. The van der Waals surface area contributed by atoms with E-state index in [-0.39, 0.29) is 17.8 Å². The summed E-state index contributed by atoms with van der Waals surface area (Å²) in [6.45, 7) is 10.1. The zero-order valence-electron chi connectivity index (χ0n) is 20.3. The van der Waals surface area contributed by atoms with Gasteiger partial charge in [0.25, 0.3) is 0 Å². The summed E-state index contributed by atoms with van der Waals surface area (Å²) in [6, 6.07) is 6.00. The van der Waals surface area contributed by atoms with Gasteiger partial charge in [-0.1, -0.05) is 41.7 Å². The number of anilines is 1. The fraction of sp³-hybridized carbons (Fsp3) is 0.522. The number of rotatable bonds is 10. The molecule has 0 bridgehead atoms. The van der Waals surface area contributed by atoms with Gasteiger partial charge in [0.1, 0.15) is 5.60 Å². The maximum absolute atomic E-state index is 12.4. The molecule has 0 aliphatic rings. The average molecular weight is 505 g/mol. The topological polar surface area (TPSA) is 111 Å². The van der Waals surface area contributed by atoms with Crippen molar-refractivity contribution >= 4 is 45.7 Å². The van der Waals surface area contributed by atoms with Crippen LogP contribution in [0.1, 0.15) is 57.0 Å². The number of hydrogen-bond acceptors (Lipinski definition) is 8. The number of thioether (sulfide) groups is 1. The van der Waals surface area contributed by atoms with Crippen LogP contribution >= 0.6 is 23.1 Å². The summed E-state index contributed by atoms with van der Waals surface area (Å²) in [4.78, 5) is 24.8. The van der Waals surface area contributed by atoms with Gasteiger partial charge in [0.05, 0.1) is 5.75 Å². The molecule has 34 heavy (non-hydrogen) atoms. The third kappa shape index (κ3) is 7.98. The van der Waals surface area contributed by atoms with Crippen LogP contribution in [0, 0.1) is 13.8 Å². The number of carbonyl (C=O) groups is 2. The molecular weight excluding hydrogens is 472 g/mol. The van der Waals surface area contributed by atoms with Crippen molar-refractivity contribution in [2.24, 2.45) is 0 Å². The highest BCUT2D eigenvalue weighted by molar-refractivity contribution is 8.01. The highest BCUT2D eigenvalue weighted by atomic mass is 32.2. The Morgan fingerprint density at radius 2 is 1.94 bits per heavy atom. The second kappa shape index (κ2) is 11.7. The molecule has 0 radical (unpaired) electrons. The molecule has 3 rings (SSSR count). The minimum Gasteiger partial charge on any atom is -0.444 e. The molecule has 9 nitrogen and oxygen atoms in total. The van der Waals surface area contributed by atoms with Crippen LogP contribution in [-0.4, -0.2) is 49.7 Å². The van der Waals surface area contributed by atoms with Crippen LogP contribution in [-0.2, 0) is 16.0 Å². The van der Waals surface area contributed by atoms with E-state index in [0.29, 0.717) is 6.54 Å². The lowest BCUT2D eigenvalue weighted by molar-refractivity contribution is -0.113. The Labute approximate surface area is 208 Å². The van der Waals surface area contributed by atoms with Gasteiger partial charge in [-0.25, -0.2) is 4.79 Å². The van der Waals surface area contributed by atoms with E-state index in [1.807, 2.05) is 52.8 Å². The van der Waals surface area contributed by atoms with E-state index in [0.717, 1.165) is 57.6 Å². The summed E-state index contributed by atoms with van der Waals surface area (Å²) in [5.74, 6) is 1.01. The second-order valence-electron chi connectivity index (χ2n) is 9.07. The summed E-state index contributed by atoms with van der Waals surface area (Å²) in [6.07, 6.45) is 3.06. The number of aryl methyl sites for hydroxylation is 3.